The highest BCUT2D eigenvalue weighted by atomic mass is 16.3. The Morgan fingerprint density at radius 3 is 3.00 bits per heavy atom. The van der Waals surface area contributed by atoms with Crippen molar-refractivity contribution in [2.75, 3.05) is 6.54 Å². The second-order valence-corrected chi connectivity index (χ2v) is 6.78. The van der Waals surface area contributed by atoms with E-state index in [2.05, 4.69) is 34.4 Å². The normalized spacial score (nSPS) is 20.4. The number of aromatic nitrogens is 2. The summed E-state index contributed by atoms with van der Waals surface area (Å²) in [6.07, 6.45) is 10.8. The minimum absolute atomic E-state index is 0.403. The molecule has 3 rings (SSSR count). The highest BCUT2D eigenvalue weighted by Crippen LogP contribution is 2.31. The van der Waals surface area contributed by atoms with E-state index in [1.165, 1.54) is 31.4 Å². The molecule has 0 N–H and O–H groups in total. The van der Waals surface area contributed by atoms with Gasteiger partial charge >= 0.3 is 0 Å². The van der Waals surface area contributed by atoms with Gasteiger partial charge in [0.1, 0.15) is 5.76 Å². The van der Waals surface area contributed by atoms with Gasteiger partial charge in [0.25, 0.3) is 0 Å². The van der Waals surface area contributed by atoms with Crippen molar-refractivity contribution in [2.45, 2.75) is 58.7 Å². The Bertz CT molecular complexity index is 559. The van der Waals surface area contributed by atoms with Crippen molar-refractivity contribution in [1.29, 1.82) is 0 Å². The van der Waals surface area contributed by atoms with E-state index in [-0.39, 0.29) is 0 Å². The Kier molecular flexibility index (Phi) is 4.98. The van der Waals surface area contributed by atoms with Gasteiger partial charge in [-0.25, -0.2) is 4.98 Å². The van der Waals surface area contributed by atoms with Crippen LogP contribution in [0, 0.1) is 5.92 Å². The standard InChI is InChI=1S/C18H27N3O/c1-15(2)12-21-14-19-11-16(21)13-20-9-5-3-4-7-17(20)18-8-6-10-22-18/h6,8,10-11,14-15,17H,3-5,7,9,12-13H2,1-2H3/t17-/m1/s1. The van der Waals surface area contributed by atoms with Gasteiger partial charge in [0, 0.05) is 19.3 Å². The van der Waals surface area contributed by atoms with Gasteiger partial charge in [-0.1, -0.05) is 26.7 Å². The first-order chi connectivity index (χ1) is 10.7. The molecule has 2 aromatic heterocycles. The van der Waals surface area contributed by atoms with Crippen LogP contribution in [-0.4, -0.2) is 21.0 Å². The monoisotopic (exact) mass is 301 g/mol. The minimum Gasteiger partial charge on any atom is -0.468 e. The first kappa shape index (κ1) is 15.3. The average Bonchev–Trinajstić information content (AvgIpc) is 3.09. The molecule has 0 aromatic carbocycles. The van der Waals surface area contributed by atoms with Crippen LogP contribution in [0.3, 0.4) is 0 Å². The molecular formula is C18H27N3O. The summed E-state index contributed by atoms with van der Waals surface area (Å²) in [5, 5.41) is 0. The summed E-state index contributed by atoms with van der Waals surface area (Å²) in [4.78, 5) is 6.93. The molecule has 1 aliphatic rings. The van der Waals surface area contributed by atoms with E-state index in [0.717, 1.165) is 25.4 Å². The predicted octanol–water partition coefficient (Wildman–Crippen LogP) is 4.25. The van der Waals surface area contributed by atoms with E-state index in [1.807, 2.05) is 18.6 Å². The van der Waals surface area contributed by atoms with Gasteiger partial charge in [-0.3, -0.25) is 4.90 Å². The molecule has 4 heteroatoms. The summed E-state index contributed by atoms with van der Waals surface area (Å²) in [5.74, 6) is 1.75. The molecule has 0 aliphatic carbocycles. The molecule has 0 bridgehead atoms. The van der Waals surface area contributed by atoms with Crippen LogP contribution in [-0.2, 0) is 13.1 Å². The SMILES string of the molecule is CC(C)Cn1cncc1CN1CCCCC[C@@H]1c1ccco1. The van der Waals surface area contributed by atoms with E-state index in [4.69, 9.17) is 4.42 Å². The third-order valence-electron chi connectivity index (χ3n) is 4.46. The van der Waals surface area contributed by atoms with Crippen LogP contribution >= 0.6 is 0 Å². The van der Waals surface area contributed by atoms with E-state index < -0.39 is 0 Å². The zero-order valence-electron chi connectivity index (χ0n) is 13.7. The van der Waals surface area contributed by atoms with E-state index in [9.17, 15) is 0 Å². The van der Waals surface area contributed by atoms with Crippen LogP contribution in [0.15, 0.2) is 35.3 Å². The summed E-state index contributed by atoms with van der Waals surface area (Å²) in [6.45, 7) is 7.63. The quantitative estimate of drug-likeness (QED) is 0.828. The van der Waals surface area contributed by atoms with Gasteiger partial charge in [0.15, 0.2) is 0 Å². The fourth-order valence-corrected chi connectivity index (χ4v) is 3.41. The maximum absolute atomic E-state index is 5.71. The Morgan fingerprint density at radius 1 is 1.32 bits per heavy atom. The molecule has 0 saturated carbocycles. The van der Waals surface area contributed by atoms with Crippen molar-refractivity contribution < 1.29 is 4.42 Å². The summed E-state index contributed by atoms with van der Waals surface area (Å²) in [5.41, 5.74) is 1.31. The highest BCUT2D eigenvalue weighted by molar-refractivity contribution is 5.07. The first-order valence-electron chi connectivity index (χ1n) is 8.50. The zero-order valence-corrected chi connectivity index (χ0v) is 13.7. The minimum atomic E-state index is 0.403. The van der Waals surface area contributed by atoms with Gasteiger partial charge in [-0.05, 0) is 37.4 Å². The molecule has 1 aliphatic heterocycles. The second-order valence-electron chi connectivity index (χ2n) is 6.78. The molecule has 1 atom stereocenters. The van der Waals surface area contributed by atoms with Crippen molar-refractivity contribution >= 4 is 0 Å². The lowest BCUT2D eigenvalue weighted by Gasteiger charge is -2.28. The third kappa shape index (κ3) is 3.61. The molecule has 120 valence electrons. The van der Waals surface area contributed by atoms with Crippen molar-refractivity contribution in [3.05, 3.63) is 42.4 Å². The summed E-state index contributed by atoms with van der Waals surface area (Å²) in [7, 11) is 0. The Balaban J connectivity index is 1.77. The fourth-order valence-electron chi connectivity index (χ4n) is 3.41. The Labute approximate surface area is 133 Å². The Hall–Kier alpha value is -1.55. The van der Waals surface area contributed by atoms with Gasteiger partial charge in [0.05, 0.1) is 24.3 Å². The van der Waals surface area contributed by atoms with Crippen LogP contribution in [0.1, 0.15) is 57.0 Å². The van der Waals surface area contributed by atoms with Crippen LogP contribution in [0.2, 0.25) is 0 Å². The van der Waals surface area contributed by atoms with Crippen molar-refractivity contribution in [2.24, 2.45) is 5.92 Å². The molecule has 22 heavy (non-hydrogen) atoms. The van der Waals surface area contributed by atoms with Gasteiger partial charge in [0.2, 0.25) is 0 Å². The lowest BCUT2D eigenvalue weighted by molar-refractivity contribution is 0.165. The molecule has 0 radical (unpaired) electrons. The lowest BCUT2D eigenvalue weighted by atomic mass is 10.1. The zero-order chi connectivity index (χ0) is 15.4. The van der Waals surface area contributed by atoms with Gasteiger partial charge in [-0.2, -0.15) is 0 Å². The van der Waals surface area contributed by atoms with Crippen LogP contribution in [0.5, 0.6) is 0 Å². The fraction of sp³-hybridized carbons (Fsp3) is 0.611. The van der Waals surface area contributed by atoms with Crippen molar-refractivity contribution in [3.8, 4) is 0 Å². The molecular weight excluding hydrogens is 274 g/mol. The van der Waals surface area contributed by atoms with E-state index >= 15 is 0 Å². The van der Waals surface area contributed by atoms with Crippen LogP contribution < -0.4 is 0 Å². The number of hydrogen-bond acceptors (Lipinski definition) is 3. The predicted molar refractivity (Wildman–Crippen MR) is 87.4 cm³/mol. The van der Waals surface area contributed by atoms with Crippen molar-refractivity contribution in [1.82, 2.24) is 14.5 Å². The summed E-state index contributed by atoms with van der Waals surface area (Å²) in [6, 6.07) is 4.52. The van der Waals surface area contributed by atoms with E-state index in [0.29, 0.717) is 12.0 Å². The van der Waals surface area contributed by atoms with E-state index in [1.54, 1.807) is 6.26 Å². The second kappa shape index (κ2) is 7.14. The van der Waals surface area contributed by atoms with Gasteiger partial charge in [-0.15, -0.1) is 0 Å². The molecule has 0 unspecified atom stereocenters. The molecule has 4 nitrogen and oxygen atoms in total. The van der Waals surface area contributed by atoms with Gasteiger partial charge < -0.3 is 8.98 Å². The number of likely N-dealkylation sites (tertiary alicyclic amines) is 1. The molecule has 2 aromatic rings. The number of hydrogen-bond donors (Lipinski definition) is 0. The van der Waals surface area contributed by atoms with Crippen molar-refractivity contribution in [3.63, 3.8) is 0 Å². The summed E-state index contributed by atoms with van der Waals surface area (Å²) < 4.78 is 8.01. The first-order valence-corrected chi connectivity index (χ1v) is 8.50. The maximum atomic E-state index is 5.71. The number of imidazole rings is 1. The number of furan rings is 1. The number of nitrogens with zero attached hydrogens (tertiary/aromatic N) is 3. The smallest absolute Gasteiger partial charge is 0.120 e. The Morgan fingerprint density at radius 2 is 2.23 bits per heavy atom. The van der Waals surface area contributed by atoms with Crippen LogP contribution in [0.25, 0.3) is 0 Å². The third-order valence-corrected chi connectivity index (χ3v) is 4.46. The molecule has 1 saturated heterocycles. The topological polar surface area (TPSA) is 34.2 Å². The molecule has 0 amide bonds. The largest absolute Gasteiger partial charge is 0.468 e. The summed E-state index contributed by atoms with van der Waals surface area (Å²) >= 11 is 0. The molecule has 3 heterocycles. The lowest BCUT2D eigenvalue weighted by Crippen LogP contribution is -2.29. The number of rotatable bonds is 5. The molecule has 0 spiro atoms. The highest BCUT2D eigenvalue weighted by Gasteiger charge is 2.25. The molecule has 1 fully saturated rings. The van der Waals surface area contributed by atoms with Crippen LogP contribution in [0.4, 0.5) is 0 Å². The average molecular weight is 301 g/mol. The maximum Gasteiger partial charge on any atom is 0.120 e.